The van der Waals surface area contributed by atoms with Crippen LogP contribution >= 0.6 is 0 Å². The molecule has 7 nitrogen and oxygen atoms in total. The van der Waals surface area contributed by atoms with Crippen molar-refractivity contribution >= 4 is 21.4 Å². The summed E-state index contributed by atoms with van der Waals surface area (Å²) in [7, 11) is -3.49. The fourth-order valence-corrected chi connectivity index (χ4v) is 3.55. The fraction of sp³-hybridized carbons (Fsp3) is 0.278. The van der Waals surface area contributed by atoms with Crippen LogP contribution < -0.4 is 5.32 Å². The molecule has 2 aromatic rings. The molecule has 1 N–H and O–H groups in total. The Morgan fingerprint density at radius 2 is 1.69 bits per heavy atom. The van der Waals surface area contributed by atoms with E-state index in [1.807, 2.05) is 6.92 Å². The number of aryl methyl sites for hydroxylation is 1. The SMILES string of the molecule is Cc1ccc(S(=O)(=O)CCC(=O)NCCc2ccc([N+](=O)[O-])cc2)cc1. The van der Waals surface area contributed by atoms with Crippen LogP contribution in [0.25, 0.3) is 0 Å². The van der Waals surface area contributed by atoms with Crippen LogP contribution in [0.15, 0.2) is 53.4 Å². The first-order valence-corrected chi connectivity index (χ1v) is 9.72. The van der Waals surface area contributed by atoms with Gasteiger partial charge in [0.05, 0.1) is 15.6 Å². The first-order valence-electron chi connectivity index (χ1n) is 8.07. The molecular weight excluding hydrogens is 356 g/mol. The van der Waals surface area contributed by atoms with Gasteiger partial charge in [-0.15, -0.1) is 0 Å². The molecule has 0 fully saturated rings. The van der Waals surface area contributed by atoms with Crippen molar-refractivity contribution in [3.63, 3.8) is 0 Å². The van der Waals surface area contributed by atoms with Gasteiger partial charge in [0, 0.05) is 25.1 Å². The average molecular weight is 376 g/mol. The quantitative estimate of drug-likeness (QED) is 0.562. The van der Waals surface area contributed by atoms with Crippen molar-refractivity contribution in [2.45, 2.75) is 24.7 Å². The Hall–Kier alpha value is -2.74. The molecule has 2 aromatic carbocycles. The number of sulfone groups is 1. The van der Waals surface area contributed by atoms with Gasteiger partial charge in [-0.2, -0.15) is 0 Å². The van der Waals surface area contributed by atoms with Crippen molar-refractivity contribution in [3.05, 3.63) is 69.8 Å². The van der Waals surface area contributed by atoms with Crippen molar-refractivity contribution in [3.8, 4) is 0 Å². The van der Waals surface area contributed by atoms with E-state index in [4.69, 9.17) is 0 Å². The summed E-state index contributed by atoms with van der Waals surface area (Å²) in [5.41, 5.74) is 1.83. The highest BCUT2D eigenvalue weighted by Crippen LogP contribution is 2.13. The largest absolute Gasteiger partial charge is 0.356 e. The van der Waals surface area contributed by atoms with Gasteiger partial charge in [0.1, 0.15) is 0 Å². The van der Waals surface area contributed by atoms with E-state index in [-0.39, 0.29) is 28.7 Å². The molecule has 2 rings (SSSR count). The highest BCUT2D eigenvalue weighted by Gasteiger charge is 2.16. The summed E-state index contributed by atoms with van der Waals surface area (Å²) in [6, 6.07) is 12.6. The lowest BCUT2D eigenvalue weighted by Gasteiger charge is -2.07. The van der Waals surface area contributed by atoms with Crippen LogP contribution in [0.5, 0.6) is 0 Å². The Balaban J connectivity index is 1.78. The molecule has 8 heteroatoms. The number of amides is 1. The topological polar surface area (TPSA) is 106 Å². The zero-order valence-electron chi connectivity index (χ0n) is 14.3. The third-order valence-electron chi connectivity index (χ3n) is 3.86. The summed E-state index contributed by atoms with van der Waals surface area (Å²) in [4.78, 5) is 22.2. The normalized spacial score (nSPS) is 11.1. The third kappa shape index (κ3) is 5.66. The minimum Gasteiger partial charge on any atom is -0.356 e. The fourth-order valence-electron chi connectivity index (χ4n) is 2.31. The van der Waals surface area contributed by atoms with Gasteiger partial charge in [0.2, 0.25) is 5.91 Å². The van der Waals surface area contributed by atoms with Crippen molar-refractivity contribution in [1.82, 2.24) is 5.32 Å². The second kappa shape index (κ2) is 8.57. The highest BCUT2D eigenvalue weighted by atomic mass is 32.2. The summed E-state index contributed by atoms with van der Waals surface area (Å²) in [6.07, 6.45) is 0.394. The molecule has 0 atom stereocenters. The number of benzene rings is 2. The van der Waals surface area contributed by atoms with Crippen LogP contribution in [0, 0.1) is 17.0 Å². The second-order valence-electron chi connectivity index (χ2n) is 5.91. The zero-order chi connectivity index (χ0) is 19.2. The van der Waals surface area contributed by atoms with Crippen LogP contribution in [-0.4, -0.2) is 31.5 Å². The predicted molar refractivity (Wildman–Crippen MR) is 97.7 cm³/mol. The van der Waals surface area contributed by atoms with E-state index in [9.17, 15) is 23.3 Å². The number of hydrogen-bond acceptors (Lipinski definition) is 5. The molecule has 0 saturated heterocycles. The molecule has 0 saturated carbocycles. The van der Waals surface area contributed by atoms with Gasteiger partial charge in [0.25, 0.3) is 5.69 Å². The van der Waals surface area contributed by atoms with Crippen molar-refractivity contribution in [2.75, 3.05) is 12.3 Å². The number of hydrogen-bond donors (Lipinski definition) is 1. The lowest BCUT2D eigenvalue weighted by atomic mass is 10.1. The summed E-state index contributed by atoms with van der Waals surface area (Å²) in [5.74, 6) is -0.595. The van der Waals surface area contributed by atoms with E-state index in [0.717, 1.165) is 11.1 Å². The van der Waals surface area contributed by atoms with Crippen LogP contribution in [-0.2, 0) is 21.1 Å². The predicted octanol–water partition coefficient (Wildman–Crippen LogP) is 2.43. The Kier molecular flexibility index (Phi) is 6.46. The molecule has 0 radical (unpaired) electrons. The van der Waals surface area contributed by atoms with Gasteiger partial charge in [-0.25, -0.2) is 8.42 Å². The molecule has 26 heavy (non-hydrogen) atoms. The van der Waals surface area contributed by atoms with Gasteiger partial charge in [0.15, 0.2) is 9.84 Å². The second-order valence-corrected chi connectivity index (χ2v) is 8.01. The molecule has 0 bridgehead atoms. The molecule has 0 aliphatic rings. The Labute approximate surface area is 152 Å². The van der Waals surface area contributed by atoms with Crippen LogP contribution in [0.2, 0.25) is 0 Å². The molecule has 0 aromatic heterocycles. The number of nitro benzene ring substituents is 1. The maximum absolute atomic E-state index is 12.2. The molecule has 0 heterocycles. The number of nitrogens with zero attached hydrogens (tertiary/aromatic N) is 1. The lowest BCUT2D eigenvalue weighted by Crippen LogP contribution is -2.27. The van der Waals surface area contributed by atoms with Crippen LogP contribution in [0.4, 0.5) is 5.69 Å². The van der Waals surface area contributed by atoms with Crippen molar-refractivity contribution in [2.24, 2.45) is 0 Å². The van der Waals surface area contributed by atoms with E-state index < -0.39 is 14.8 Å². The summed E-state index contributed by atoms with van der Waals surface area (Å²) in [6.45, 7) is 2.20. The van der Waals surface area contributed by atoms with E-state index in [0.29, 0.717) is 13.0 Å². The van der Waals surface area contributed by atoms with Gasteiger partial charge >= 0.3 is 0 Å². The zero-order valence-corrected chi connectivity index (χ0v) is 15.2. The van der Waals surface area contributed by atoms with Crippen LogP contribution in [0.3, 0.4) is 0 Å². The van der Waals surface area contributed by atoms with E-state index in [2.05, 4.69) is 5.32 Å². The highest BCUT2D eigenvalue weighted by molar-refractivity contribution is 7.91. The minimum atomic E-state index is -3.49. The van der Waals surface area contributed by atoms with E-state index in [1.165, 1.54) is 24.3 Å². The molecular formula is C18H20N2O5S. The number of carbonyl (C=O) groups excluding carboxylic acids is 1. The molecule has 0 unspecified atom stereocenters. The number of non-ortho nitro benzene ring substituents is 1. The molecule has 0 aliphatic carbocycles. The van der Waals surface area contributed by atoms with Crippen LogP contribution in [0.1, 0.15) is 17.5 Å². The third-order valence-corrected chi connectivity index (χ3v) is 5.59. The average Bonchev–Trinajstić information content (AvgIpc) is 2.61. The van der Waals surface area contributed by atoms with Crippen molar-refractivity contribution < 1.29 is 18.1 Å². The number of nitro groups is 1. The Morgan fingerprint density at radius 1 is 1.08 bits per heavy atom. The minimum absolute atomic E-state index is 0.0131. The summed E-state index contributed by atoms with van der Waals surface area (Å²) < 4.78 is 24.4. The Bertz CT molecular complexity index is 875. The standard InChI is InChI=1S/C18H20N2O5S/c1-14-2-8-17(9-3-14)26(24,25)13-11-18(21)19-12-10-15-4-6-16(7-5-15)20(22)23/h2-9H,10-13H2,1H3,(H,19,21). The molecule has 1 amide bonds. The maximum Gasteiger partial charge on any atom is 0.269 e. The lowest BCUT2D eigenvalue weighted by molar-refractivity contribution is -0.384. The number of nitrogens with one attached hydrogen (secondary N) is 1. The van der Waals surface area contributed by atoms with E-state index >= 15 is 0 Å². The first kappa shape index (κ1) is 19.6. The molecule has 0 spiro atoms. The number of rotatable bonds is 8. The van der Waals surface area contributed by atoms with Gasteiger partial charge in [-0.05, 0) is 31.0 Å². The van der Waals surface area contributed by atoms with Crippen molar-refractivity contribution in [1.29, 1.82) is 0 Å². The molecule has 0 aliphatic heterocycles. The summed E-state index contributed by atoms with van der Waals surface area (Å²) >= 11 is 0. The smallest absolute Gasteiger partial charge is 0.269 e. The Morgan fingerprint density at radius 3 is 2.27 bits per heavy atom. The van der Waals surface area contributed by atoms with Gasteiger partial charge in [-0.1, -0.05) is 29.8 Å². The molecule has 138 valence electrons. The number of carbonyl (C=O) groups is 1. The first-order chi connectivity index (χ1) is 12.3. The van der Waals surface area contributed by atoms with Gasteiger partial charge < -0.3 is 5.32 Å². The summed E-state index contributed by atoms with van der Waals surface area (Å²) in [5, 5.41) is 13.3. The van der Waals surface area contributed by atoms with E-state index in [1.54, 1.807) is 24.3 Å². The monoisotopic (exact) mass is 376 g/mol. The maximum atomic E-state index is 12.2. The van der Waals surface area contributed by atoms with Gasteiger partial charge in [-0.3, -0.25) is 14.9 Å².